The summed E-state index contributed by atoms with van der Waals surface area (Å²) < 4.78 is 0. The van der Waals surface area contributed by atoms with E-state index in [-0.39, 0.29) is 6.04 Å². The zero-order valence-corrected chi connectivity index (χ0v) is 9.68. The number of hydrogen-bond acceptors (Lipinski definition) is 3. The van der Waals surface area contributed by atoms with E-state index in [0.29, 0.717) is 6.42 Å². The first-order valence-electron chi connectivity index (χ1n) is 4.85. The SMILES string of the molecule is C#CCC(CSc1cccc(C)c1)NN. The molecule has 0 aliphatic rings. The molecule has 0 aliphatic heterocycles. The third-order valence-electron chi connectivity index (χ3n) is 2.04. The summed E-state index contributed by atoms with van der Waals surface area (Å²) in [4.78, 5) is 1.26. The van der Waals surface area contributed by atoms with E-state index >= 15 is 0 Å². The Morgan fingerprint density at radius 3 is 3.00 bits per heavy atom. The van der Waals surface area contributed by atoms with Gasteiger partial charge in [-0.15, -0.1) is 24.1 Å². The van der Waals surface area contributed by atoms with Crippen molar-refractivity contribution >= 4 is 11.8 Å². The molecule has 0 radical (unpaired) electrons. The van der Waals surface area contributed by atoms with Gasteiger partial charge in [0.15, 0.2) is 0 Å². The molecule has 1 unspecified atom stereocenters. The van der Waals surface area contributed by atoms with Crippen LogP contribution in [0.25, 0.3) is 0 Å². The topological polar surface area (TPSA) is 38.0 Å². The fraction of sp³-hybridized carbons (Fsp3) is 0.333. The third-order valence-corrected chi connectivity index (χ3v) is 3.20. The molecule has 15 heavy (non-hydrogen) atoms. The predicted molar refractivity (Wildman–Crippen MR) is 66.5 cm³/mol. The molecule has 3 heteroatoms. The number of hydrogen-bond donors (Lipinski definition) is 2. The number of rotatable bonds is 5. The highest BCUT2D eigenvalue weighted by Gasteiger charge is 2.05. The summed E-state index contributed by atoms with van der Waals surface area (Å²) >= 11 is 1.77. The fourth-order valence-corrected chi connectivity index (χ4v) is 2.26. The van der Waals surface area contributed by atoms with Crippen molar-refractivity contribution in [1.29, 1.82) is 0 Å². The number of thioether (sulfide) groups is 1. The van der Waals surface area contributed by atoms with Crippen molar-refractivity contribution < 1.29 is 0 Å². The number of aryl methyl sites for hydroxylation is 1. The normalized spacial score (nSPS) is 12.1. The van der Waals surface area contributed by atoms with Gasteiger partial charge in [0.1, 0.15) is 0 Å². The van der Waals surface area contributed by atoms with Gasteiger partial charge < -0.3 is 0 Å². The van der Waals surface area contributed by atoms with E-state index in [9.17, 15) is 0 Å². The van der Waals surface area contributed by atoms with E-state index in [2.05, 4.69) is 42.5 Å². The minimum atomic E-state index is 0.181. The maximum absolute atomic E-state index is 5.39. The van der Waals surface area contributed by atoms with E-state index < -0.39 is 0 Å². The van der Waals surface area contributed by atoms with Crippen molar-refractivity contribution in [2.24, 2.45) is 5.84 Å². The average molecular weight is 220 g/mol. The van der Waals surface area contributed by atoms with Gasteiger partial charge in [-0.3, -0.25) is 11.3 Å². The Kier molecular flexibility index (Phi) is 5.27. The number of benzene rings is 1. The second kappa shape index (κ2) is 6.52. The molecule has 80 valence electrons. The van der Waals surface area contributed by atoms with Crippen molar-refractivity contribution in [2.45, 2.75) is 24.3 Å². The molecule has 0 heterocycles. The second-order valence-electron chi connectivity index (χ2n) is 3.40. The van der Waals surface area contributed by atoms with Crippen LogP contribution in [-0.2, 0) is 0 Å². The van der Waals surface area contributed by atoms with Crippen LogP contribution in [0.15, 0.2) is 29.2 Å². The summed E-state index contributed by atoms with van der Waals surface area (Å²) in [6, 6.07) is 8.59. The molecule has 1 atom stereocenters. The lowest BCUT2D eigenvalue weighted by atomic mass is 10.2. The molecule has 0 saturated heterocycles. The third kappa shape index (κ3) is 4.39. The molecule has 0 spiro atoms. The molecule has 0 fully saturated rings. The fourth-order valence-electron chi connectivity index (χ4n) is 1.21. The highest BCUT2D eigenvalue weighted by Crippen LogP contribution is 2.20. The van der Waals surface area contributed by atoms with Gasteiger partial charge in [0.05, 0.1) is 0 Å². The Balaban J connectivity index is 2.46. The van der Waals surface area contributed by atoms with Gasteiger partial charge in [0.2, 0.25) is 0 Å². The largest absolute Gasteiger partial charge is 0.271 e. The van der Waals surface area contributed by atoms with E-state index in [1.807, 2.05) is 0 Å². The molecular formula is C12H16N2S. The van der Waals surface area contributed by atoms with Gasteiger partial charge in [-0.1, -0.05) is 17.7 Å². The quantitative estimate of drug-likeness (QED) is 0.345. The predicted octanol–water partition coefficient (Wildman–Crippen LogP) is 1.94. The standard InChI is InChI=1S/C12H16N2S/c1-3-5-11(14-13)9-15-12-7-4-6-10(2)8-12/h1,4,6-8,11,14H,5,9,13H2,2H3. The monoisotopic (exact) mass is 220 g/mol. The van der Waals surface area contributed by atoms with Gasteiger partial charge in [-0.05, 0) is 19.1 Å². The molecule has 2 nitrogen and oxygen atoms in total. The number of nitrogens with one attached hydrogen (secondary N) is 1. The summed E-state index contributed by atoms with van der Waals surface area (Å²) in [5.41, 5.74) is 4.00. The maximum Gasteiger partial charge on any atom is 0.0413 e. The minimum absolute atomic E-state index is 0.181. The first-order chi connectivity index (χ1) is 7.26. The lowest BCUT2D eigenvalue weighted by molar-refractivity contribution is 0.592. The zero-order valence-electron chi connectivity index (χ0n) is 8.86. The van der Waals surface area contributed by atoms with Crippen molar-refractivity contribution in [3.05, 3.63) is 29.8 Å². The molecule has 1 aromatic carbocycles. The molecule has 0 saturated carbocycles. The van der Waals surface area contributed by atoms with Crippen LogP contribution in [0.5, 0.6) is 0 Å². The Bertz CT molecular complexity index is 344. The van der Waals surface area contributed by atoms with E-state index in [0.717, 1.165) is 5.75 Å². The van der Waals surface area contributed by atoms with Crippen LogP contribution in [0.1, 0.15) is 12.0 Å². The Morgan fingerprint density at radius 1 is 1.60 bits per heavy atom. The van der Waals surface area contributed by atoms with Gasteiger partial charge in [-0.25, -0.2) is 0 Å². The average Bonchev–Trinajstić information content (AvgIpc) is 2.24. The minimum Gasteiger partial charge on any atom is -0.271 e. The van der Waals surface area contributed by atoms with Crippen LogP contribution < -0.4 is 11.3 Å². The highest BCUT2D eigenvalue weighted by atomic mass is 32.2. The number of terminal acetylenes is 1. The van der Waals surface area contributed by atoms with E-state index in [1.165, 1.54) is 10.5 Å². The van der Waals surface area contributed by atoms with Gasteiger partial charge in [0, 0.05) is 23.1 Å². The highest BCUT2D eigenvalue weighted by molar-refractivity contribution is 7.99. The van der Waals surface area contributed by atoms with E-state index in [1.54, 1.807) is 11.8 Å². The van der Waals surface area contributed by atoms with Crippen molar-refractivity contribution in [3.63, 3.8) is 0 Å². The Hall–Kier alpha value is -0.950. The maximum atomic E-state index is 5.39. The Labute approximate surface area is 95.6 Å². The van der Waals surface area contributed by atoms with Crippen molar-refractivity contribution in [1.82, 2.24) is 5.43 Å². The summed E-state index contributed by atoms with van der Waals surface area (Å²) in [7, 11) is 0. The molecular weight excluding hydrogens is 204 g/mol. The molecule has 0 amide bonds. The van der Waals surface area contributed by atoms with Crippen LogP contribution in [0.3, 0.4) is 0 Å². The number of hydrazine groups is 1. The van der Waals surface area contributed by atoms with Gasteiger partial charge in [-0.2, -0.15) is 0 Å². The summed E-state index contributed by atoms with van der Waals surface area (Å²) in [6.07, 6.45) is 5.91. The molecule has 1 rings (SSSR count). The van der Waals surface area contributed by atoms with Crippen molar-refractivity contribution in [3.8, 4) is 12.3 Å². The number of nitrogens with two attached hydrogens (primary N) is 1. The summed E-state index contributed by atoms with van der Waals surface area (Å²) in [5.74, 6) is 8.90. The first-order valence-corrected chi connectivity index (χ1v) is 5.84. The van der Waals surface area contributed by atoms with Crippen LogP contribution >= 0.6 is 11.8 Å². The van der Waals surface area contributed by atoms with E-state index in [4.69, 9.17) is 12.3 Å². The van der Waals surface area contributed by atoms with Crippen LogP contribution in [0, 0.1) is 19.3 Å². The lowest BCUT2D eigenvalue weighted by Crippen LogP contribution is -2.36. The zero-order chi connectivity index (χ0) is 11.1. The van der Waals surface area contributed by atoms with Gasteiger partial charge in [0.25, 0.3) is 0 Å². The van der Waals surface area contributed by atoms with Crippen LogP contribution in [-0.4, -0.2) is 11.8 Å². The van der Waals surface area contributed by atoms with Crippen LogP contribution in [0.4, 0.5) is 0 Å². The molecule has 1 aromatic rings. The molecule has 0 bridgehead atoms. The molecule has 0 aromatic heterocycles. The first kappa shape index (κ1) is 12.1. The van der Waals surface area contributed by atoms with Crippen molar-refractivity contribution in [2.75, 3.05) is 5.75 Å². The smallest absolute Gasteiger partial charge is 0.0413 e. The summed E-state index contributed by atoms with van der Waals surface area (Å²) in [6.45, 7) is 2.09. The molecule has 0 aliphatic carbocycles. The van der Waals surface area contributed by atoms with Gasteiger partial charge >= 0.3 is 0 Å². The molecule has 3 N–H and O–H groups in total. The summed E-state index contributed by atoms with van der Waals surface area (Å²) in [5, 5.41) is 0. The van der Waals surface area contributed by atoms with Crippen LogP contribution in [0.2, 0.25) is 0 Å². The lowest BCUT2D eigenvalue weighted by Gasteiger charge is -2.12. The Morgan fingerprint density at radius 2 is 2.40 bits per heavy atom. The second-order valence-corrected chi connectivity index (χ2v) is 4.49.